The van der Waals surface area contributed by atoms with E-state index >= 15 is 0 Å². The van der Waals surface area contributed by atoms with Gasteiger partial charge in [0, 0.05) is 12.4 Å². The Kier molecular flexibility index (Phi) is 2.23. The molecule has 0 radical (unpaired) electrons. The molecule has 0 atom stereocenters. The molecule has 1 aromatic heterocycles. The third-order valence-electron chi connectivity index (χ3n) is 2.47. The third-order valence-corrected chi connectivity index (χ3v) is 2.47. The summed E-state index contributed by atoms with van der Waals surface area (Å²) in [7, 11) is 1.62. The maximum absolute atomic E-state index is 11.6. The number of furan rings is 1. The number of benzene rings is 1. The number of rotatable bonds is 1. The zero-order valence-corrected chi connectivity index (χ0v) is 9.05. The van der Waals surface area contributed by atoms with E-state index in [1.165, 1.54) is 0 Å². The molecule has 0 aliphatic rings. The lowest BCUT2D eigenvalue weighted by Gasteiger charge is -1.98. The number of fused-ring (bicyclic) bond motifs is 1. The van der Waals surface area contributed by atoms with Gasteiger partial charge in [-0.05, 0) is 26.0 Å². The van der Waals surface area contributed by atoms with Crippen LogP contribution in [0.15, 0.2) is 22.6 Å². The monoisotopic (exact) mass is 203 g/mol. The van der Waals surface area contributed by atoms with Crippen molar-refractivity contribution in [1.82, 2.24) is 5.32 Å². The van der Waals surface area contributed by atoms with Crippen LogP contribution in [0, 0.1) is 13.8 Å². The molecule has 3 heteroatoms. The highest BCUT2D eigenvalue weighted by atomic mass is 16.3. The van der Waals surface area contributed by atoms with Crippen LogP contribution in [0.5, 0.6) is 0 Å². The molecule has 78 valence electrons. The molecule has 0 fully saturated rings. The summed E-state index contributed by atoms with van der Waals surface area (Å²) in [5, 5.41) is 3.50. The molecular formula is C12H13NO2. The molecule has 1 N–H and O–H groups in total. The fourth-order valence-electron chi connectivity index (χ4n) is 1.74. The Morgan fingerprint density at radius 2 is 2.07 bits per heavy atom. The number of aryl methyl sites for hydroxylation is 2. The molecule has 0 bridgehead atoms. The Morgan fingerprint density at radius 3 is 2.73 bits per heavy atom. The van der Waals surface area contributed by atoms with Crippen molar-refractivity contribution in [2.45, 2.75) is 13.8 Å². The second kappa shape index (κ2) is 3.42. The number of hydrogen-bond acceptors (Lipinski definition) is 2. The summed E-state index contributed by atoms with van der Waals surface area (Å²) < 4.78 is 5.52. The van der Waals surface area contributed by atoms with Gasteiger partial charge in [0.2, 0.25) is 0 Å². The van der Waals surface area contributed by atoms with E-state index in [0.29, 0.717) is 11.3 Å². The first-order valence-electron chi connectivity index (χ1n) is 4.85. The normalized spacial score (nSPS) is 10.6. The van der Waals surface area contributed by atoms with E-state index in [0.717, 1.165) is 16.5 Å². The molecule has 0 aliphatic heterocycles. The summed E-state index contributed by atoms with van der Waals surface area (Å²) in [5.74, 6) is 0.562. The molecule has 0 saturated carbocycles. The summed E-state index contributed by atoms with van der Waals surface area (Å²) >= 11 is 0. The minimum absolute atomic E-state index is 0.100. The summed E-state index contributed by atoms with van der Waals surface area (Å²) in [5.41, 5.74) is 2.52. The average Bonchev–Trinajstić information content (AvgIpc) is 2.52. The highest BCUT2D eigenvalue weighted by Crippen LogP contribution is 2.26. The Bertz CT molecular complexity index is 526. The van der Waals surface area contributed by atoms with Gasteiger partial charge in [-0.15, -0.1) is 0 Å². The third kappa shape index (κ3) is 1.50. The summed E-state index contributed by atoms with van der Waals surface area (Å²) in [4.78, 5) is 11.6. The lowest BCUT2D eigenvalue weighted by atomic mass is 10.1. The topological polar surface area (TPSA) is 42.2 Å². The van der Waals surface area contributed by atoms with Crippen LogP contribution in [0.4, 0.5) is 0 Å². The van der Waals surface area contributed by atoms with E-state index in [1.54, 1.807) is 14.0 Å². The van der Waals surface area contributed by atoms with Gasteiger partial charge in [0.15, 0.2) is 0 Å². The summed E-state index contributed by atoms with van der Waals surface area (Å²) in [6.07, 6.45) is 0. The van der Waals surface area contributed by atoms with Crippen molar-refractivity contribution in [2.75, 3.05) is 7.05 Å². The molecule has 2 aromatic rings. The van der Waals surface area contributed by atoms with E-state index in [-0.39, 0.29) is 5.91 Å². The van der Waals surface area contributed by atoms with Crippen LogP contribution in [0.1, 0.15) is 21.7 Å². The minimum Gasteiger partial charge on any atom is -0.461 e. The molecular weight excluding hydrogens is 190 g/mol. The highest BCUT2D eigenvalue weighted by Gasteiger charge is 2.16. The van der Waals surface area contributed by atoms with Crippen LogP contribution in [0.2, 0.25) is 0 Å². The van der Waals surface area contributed by atoms with E-state index in [1.807, 2.05) is 25.1 Å². The quantitative estimate of drug-likeness (QED) is 0.773. The van der Waals surface area contributed by atoms with Gasteiger partial charge in [0.05, 0.1) is 5.56 Å². The van der Waals surface area contributed by atoms with Crippen LogP contribution < -0.4 is 5.32 Å². The molecule has 15 heavy (non-hydrogen) atoms. The van der Waals surface area contributed by atoms with E-state index < -0.39 is 0 Å². The zero-order valence-electron chi connectivity index (χ0n) is 9.05. The molecule has 1 aromatic carbocycles. The number of carbonyl (C=O) groups is 1. The van der Waals surface area contributed by atoms with Crippen molar-refractivity contribution in [3.63, 3.8) is 0 Å². The zero-order chi connectivity index (χ0) is 11.0. The number of amides is 1. The van der Waals surface area contributed by atoms with Crippen LogP contribution in [0.25, 0.3) is 11.0 Å². The Labute approximate surface area is 88.1 Å². The van der Waals surface area contributed by atoms with Gasteiger partial charge in [-0.3, -0.25) is 4.79 Å². The van der Waals surface area contributed by atoms with Crippen LogP contribution in [0.3, 0.4) is 0 Å². The van der Waals surface area contributed by atoms with Crippen molar-refractivity contribution in [2.24, 2.45) is 0 Å². The smallest absolute Gasteiger partial charge is 0.255 e. The first-order valence-corrected chi connectivity index (χ1v) is 4.85. The first-order chi connectivity index (χ1) is 7.13. The van der Waals surface area contributed by atoms with Gasteiger partial charge in [-0.1, -0.05) is 11.6 Å². The maximum Gasteiger partial charge on any atom is 0.255 e. The van der Waals surface area contributed by atoms with Crippen LogP contribution in [-0.4, -0.2) is 13.0 Å². The van der Waals surface area contributed by atoms with Gasteiger partial charge < -0.3 is 9.73 Å². The van der Waals surface area contributed by atoms with E-state index in [4.69, 9.17) is 4.42 Å². The maximum atomic E-state index is 11.6. The predicted octanol–water partition coefficient (Wildman–Crippen LogP) is 2.41. The Balaban J connectivity index is 2.76. The van der Waals surface area contributed by atoms with Crippen molar-refractivity contribution >= 4 is 16.9 Å². The second-order valence-electron chi connectivity index (χ2n) is 3.61. The Hall–Kier alpha value is -1.77. The van der Waals surface area contributed by atoms with E-state index in [2.05, 4.69) is 5.32 Å². The minimum atomic E-state index is -0.100. The van der Waals surface area contributed by atoms with Gasteiger partial charge in [0.25, 0.3) is 5.91 Å². The molecule has 0 unspecified atom stereocenters. The lowest BCUT2D eigenvalue weighted by Crippen LogP contribution is -2.18. The SMILES string of the molecule is CNC(=O)c1c(C)oc2ccc(C)cc12. The molecule has 1 amide bonds. The van der Waals surface area contributed by atoms with Crippen LogP contribution in [-0.2, 0) is 0 Å². The van der Waals surface area contributed by atoms with Crippen molar-refractivity contribution in [3.05, 3.63) is 35.1 Å². The molecule has 1 heterocycles. The standard InChI is InChI=1S/C12H13NO2/c1-7-4-5-10-9(6-7)11(8(2)15-10)12(14)13-3/h4-6H,1-3H3,(H,13,14). The van der Waals surface area contributed by atoms with E-state index in [9.17, 15) is 4.79 Å². The van der Waals surface area contributed by atoms with Crippen molar-refractivity contribution < 1.29 is 9.21 Å². The highest BCUT2D eigenvalue weighted by molar-refractivity contribution is 6.07. The van der Waals surface area contributed by atoms with Gasteiger partial charge >= 0.3 is 0 Å². The number of hydrogen-bond donors (Lipinski definition) is 1. The average molecular weight is 203 g/mol. The van der Waals surface area contributed by atoms with Gasteiger partial charge in [-0.25, -0.2) is 0 Å². The number of carbonyl (C=O) groups excluding carboxylic acids is 1. The molecule has 0 aliphatic carbocycles. The summed E-state index contributed by atoms with van der Waals surface area (Å²) in [6, 6.07) is 5.83. The molecule has 0 saturated heterocycles. The fraction of sp³-hybridized carbons (Fsp3) is 0.250. The first kappa shape index (κ1) is 9.77. The molecule has 0 spiro atoms. The molecule has 3 nitrogen and oxygen atoms in total. The largest absolute Gasteiger partial charge is 0.461 e. The fourth-order valence-corrected chi connectivity index (χ4v) is 1.74. The second-order valence-corrected chi connectivity index (χ2v) is 3.61. The van der Waals surface area contributed by atoms with Crippen LogP contribution >= 0.6 is 0 Å². The van der Waals surface area contributed by atoms with Crippen molar-refractivity contribution in [1.29, 1.82) is 0 Å². The number of nitrogens with one attached hydrogen (secondary N) is 1. The summed E-state index contributed by atoms with van der Waals surface area (Å²) in [6.45, 7) is 3.80. The van der Waals surface area contributed by atoms with Gasteiger partial charge in [0.1, 0.15) is 11.3 Å². The predicted molar refractivity (Wildman–Crippen MR) is 59.1 cm³/mol. The molecule has 2 rings (SSSR count). The lowest BCUT2D eigenvalue weighted by molar-refractivity contribution is 0.0963. The van der Waals surface area contributed by atoms with Gasteiger partial charge in [-0.2, -0.15) is 0 Å². The van der Waals surface area contributed by atoms with Crippen molar-refractivity contribution in [3.8, 4) is 0 Å². The Morgan fingerprint density at radius 1 is 1.33 bits per heavy atom.